The van der Waals surface area contributed by atoms with Gasteiger partial charge in [0.1, 0.15) is 5.60 Å². The van der Waals surface area contributed by atoms with Gasteiger partial charge in [-0.25, -0.2) is 4.79 Å². The summed E-state index contributed by atoms with van der Waals surface area (Å²) in [5, 5.41) is 3.49. The van der Waals surface area contributed by atoms with Crippen molar-refractivity contribution in [3.63, 3.8) is 0 Å². The molecule has 2 saturated heterocycles. The Morgan fingerprint density at radius 3 is 2.22 bits per heavy atom. The number of rotatable bonds is 3. The first-order valence-electron chi connectivity index (χ1n) is 9.75. The predicted octanol–water partition coefficient (Wildman–Crippen LogP) is 2.46. The summed E-state index contributed by atoms with van der Waals surface area (Å²) in [5.74, 6) is 1.00. The molecule has 0 saturated carbocycles. The number of nitrogens with zero attached hydrogens (tertiary/aromatic N) is 4. The summed E-state index contributed by atoms with van der Waals surface area (Å²) in [7, 11) is 1.85. The van der Waals surface area contributed by atoms with Crippen LogP contribution in [0.2, 0.25) is 0 Å². The molecule has 158 valence electrons. The average molecular weight is 495 g/mol. The number of amides is 1. The van der Waals surface area contributed by atoms with Crippen molar-refractivity contribution < 1.29 is 9.53 Å². The summed E-state index contributed by atoms with van der Waals surface area (Å²) >= 11 is 0. The van der Waals surface area contributed by atoms with Crippen LogP contribution in [0.5, 0.6) is 0 Å². The number of carbonyl (C=O) groups excluding carboxylic acids is 1. The summed E-state index contributed by atoms with van der Waals surface area (Å²) in [4.78, 5) is 23.1. The maximum atomic E-state index is 12.1. The molecule has 2 aliphatic rings. The monoisotopic (exact) mass is 495 g/mol. The molecule has 0 atom stereocenters. The molecule has 0 unspecified atom stereocenters. The van der Waals surface area contributed by atoms with E-state index in [1.165, 1.54) is 6.42 Å². The Balaban J connectivity index is 0.00000364. The standard InChI is InChI=1S/C19H37N5O2.HI/c1-18(2,3)26-17(25)23-13-11-22(12-14-23)10-8-21-16(20-6)24-9-7-19(4,5)15-24;/h7-15H2,1-6H3,(H,20,21);1H. The van der Waals surface area contributed by atoms with E-state index in [0.717, 1.165) is 58.3 Å². The largest absolute Gasteiger partial charge is 0.444 e. The normalized spacial score (nSPS) is 21.0. The van der Waals surface area contributed by atoms with Crippen LogP contribution in [0.4, 0.5) is 4.79 Å². The number of aliphatic imine (C=N–C) groups is 1. The Kier molecular flexibility index (Phi) is 9.11. The summed E-state index contributed by atoms with van der Waals surface area (Å²) in [6.07, 6.45) is 1.01. The topological polar surface area (TPSA) is 60.4 Å². The first-order valence-corrected chi connectivity index (χ1v) is 9.75. The highest BCUT2D eigenvalue weighted by molar-refractivity contribution is 14.0. The van der Waals surface area contributed by atoms with Crippen molar-refractivity contribution >= 4 is 36.0 Å². The number of guanidine groups is 1. The van der Waals surface area contributed by atoms with Crippen molar-refractivity contribution in [2.75, 3.05) is 59.4 Å². The van der Waals surface area contributed by atoms with E-state index in [0.29, 0.717) is 5.41 Å². The lowest BCUT2D eigenvalue weighted by Crippen LogP contribution is -2.52. The second kappa shape index (κ2) is 10.1. The van der Waals surface area contributed by atoms with E-state index in [1.807, 2.05) is 27.8 Å². The molecule has 1 N–H and O–H groups in total. The Morgan fingerprint density at radius 2 is 1.74 bits per heavy atom. The number of carbonyl (C=O) groups is 1. The van der Waals surface area contributed by atoms with Crippen LogP contribution < -0.4 is 5.32 Å². The lowest BCUT2D eigenvalue weighted by Gasteiger charge is -2.35. The third-order valence-corrected chi connectivity index (χ3v) is 4.92. The first kappa shape index (κ1) is 24.3. The van der Waals surface area contributed by atoms with Crippen molar-refractivity contribution in [1.82, 2.24) is 20.0 Å². The molecule has 1 amide bonds. The molecule has 8 heteroatoms. The smallest absolute Gasteiger partial charge is 0.410 e. The zero-order valence-corrected chi connectivity index (χ0v) is 20.2. The van der Waals surface area contributed by atoms with E-state index in [-0.39, 0.29) is 30.1 Å². The van der Waals surface area contributed by atoms with Crippen LogP contribution in [0.25, 0.3) is 0 Å². The number of nitrogens with one attached hydrogen (secondary N) is 1. The van der Waals surface area contributed by atoms with Gasteiger partial charge in [-0.1, -0.05) is 13.8 Å². The van der Waals surface area contributed by atoms with Crippen LogP contribution >= 0.6 is 24.0 Å². The van der Waals surface area contributed by atoms with E-state index in [9.17, 15) is 4.79 Å². The lowest BCUT2D eigenvalue weighted by atomic mass is 9.93. The van der Waals surface area contributed by atoms with Gasteiger partial charge in [0.2, 0.25) is 0 Å². The molecule has 2 heterocycles. The van der Waals surface area contributed by atoms with Crippen LogP contribution in [-0.4, -0.2) is 91.8 Å². The molecule has 0 aliphatic carbocycles. The van der Waals surface area contributed by atoms with Crippen LogP contribution in [0.3, 0.4) is 0 Å². The Morgan fingerprint density at radius 1 is 1.11 bits per heavy atom. The zero-order chi connectivity index (χ0) is 19.4. The van der Waals surface area contributed by atoms with Gasteiger partial charge in [-0.05, 0) is 32.6 Å². The summed E-state index contributed by atoms with van der Waals surface area (Å²) < 4.78 is 5.45. The average Bonchev–Trinajstić information content (AvgIpc) is 2.90. The third kappa shape index (κ3) is 8.01. The van der Waals surface area contributed by atoms with Crippen LogP contribution in [0, 0.1) is 5.41 Å². The number of hydrogen-bond donors (Lipinski definition) is 1. The van der Waals surface area contributed by atoms with Gasteiger partial charge in [-0.3, -0.25) is 9.89 Å². The molecule has 0 aromatic carbocycles. The van der Waals surface area contributed by atoms with E-state index < -0.39 is 5.60 Å². The predicted molar refractivity (Wildman–Crippen MR) is 121 cm³/mol. The Labute approximate surface area is 181 Å². The zero-order valence-electron chi connectivity index (χ0n) is 17.9. The molecule has 0 radical (unpaired) electrons. The van der Waals surface area contributed by atoms with Crippen LogP contribution in [0.15, 0.2) is 4.99 Å². The molecule has 0 spiro atoms. The Hall–Kier alpha value is -0.770. The number of piperazine rings is 1. The lowest BCUT2D eigenvalue weighted by molar-refractivity contribution is 0.0147. The first-order chi connectivity index (χ1) is 12.1. The summed E-state index contributed by atoms with van der Waals surface area (Å²) in [6, 6.07) is 0. The highest BCUT2D eigenvalue weighted by Crippen LogP contribution is 2.28. The summed E-state index contributed by atoms with van der Waals surface area (Å²) in [5.41, 5.74) is -0.0617. The van der Waals surface area contributed by atoms with Crippen LogP contribution in [-0.2, 0) is 4.74 Å². The van der Waals surface area contributed by atoms with Crippen molar-refractivity contribution in [3.8, 4) is 0 Å². The van der Waals surface area contributed by atoms with Gasteiger partial charge in [-0.15, -0.1) is 24.0 Å². The second-order valence-electron chi connectivity index (χ2n) is 9.12. The minimum absolute atomic E-state index is 0. The quantitative estimate of drug-likeness (QED) is 0.371. The molecule has 7 nitrogen and oxygen atoms in total. The molecular weight excluding hydrogens is 457 g/mol. The fourth-order valence-corrected chi connectivity index (χ4v) is 3.43. The van der Waals surface area contributed by atoms with E-state index in [4.69, 9.17) is 4.74 Å². The van der Waals surface area contributed by atoms with E-state index in [1.54, 1.807) is 4.90 Å². The van der Waals surface area contributed by atoms with Crippen molar-refractivity contribution in [2.24, 2.45) is 10.4 Å². The fourth-order valence-electron chi connectivity index (χ4n) is 3.43. The maximum absolute atomic E-state index is 12.1. The minimum atomic E-state index is -0.432. The fraction of sp³-hybridized carbons (Fsp3) is 0.895. The SMILES string of the molecule is CN=C(NCCN1CCN(C(=O)OC(C)(C)C)CC1)N1CCC(C)(C)C1.I. The molecule has 0 bridgehead atoms. The van der Waals surface area contributed by atoms with Crippen molar-refractivity contribution in [1.29, 1.82) is 0 Å². The molecule has 27 heavy (non-hydrogen) atoms. The van der Waals surface area contributed by atoms with Gasteiger partial charge in [0.05, 0.1) is 0 Å². The highest BCUT2D eigenvalue weighted by atomic mass is 127. The number of ether oxygens (including phenoxy) is 1. The minimum Gasteiger partial charge on any atom is -0.444 e. The van der Waals surface area contributed by atoms with Gasteiger partial charge in [0, 0.05) is 59.4 Å². The third-order valence-electron chi connectivity index (χ3n) is 4.92. The number of halogens is 1. The van der Waals surface area contributed by atoms with Gasteiger partial charge in [0.25, 0.3) is 0 Å². The number of likely N-dealkylation sites (tertiary alicyclic amines) is 1. The van der Waals surface area contributed by atoms with E-state index in [2.05, 4.69) is 34.0 Å². The molecule has 2 fully saturated rings. The van der Waals surface area contributed by atoms with Crippen LogP contribution in [0.1, 0.15) is 41.0 Å². The van der Waals surface area contributed by atoms with Gasteiger partial charge in [-0.2, -0.15) is 0 Å². The molecule has 2 aliphatic heterocycles. The van der Waals surface area contributed by atoms with Crippen molar-refractivity contribution in [3.05, 3.63) is 0 Å². The number of hydrogen-bond acceptors (Lipinski definition) is 4. The molecule has 2 rings (SSSR count). The van der Waals surface area contributed by atoms with Gasteiger partial charge in [0.15, 0.2) is 5.96 Å². The summed E-state index contributed by atoms with van der Waals surface area (Å²) in [6.45, 7) is 17.5. The van der Waals surface area contributed by atoms with E-state index >= 15 is 0 Å². The molecular formula is C19H38IN5O2. The van der Waals surface area contributed by atoms with Gasteiger partial charge < -0.3 is 19.9 Å². The Bertz CT molecular complexity index is 511. The van der Waals surface area contributed by atoms with Crippen molar-refractivity contribution in [2.45, 2.75) is 46.6 Å². The second-order valence-corrected chi connectivity index (χ2v) is 9.12. The highest BCUT2D eigenvalue weighted by Gasteiger charge is 2.31. The van der Waals surface area contributed by atoms with Gasteiger partial charge >= 0.3 is 6.09 Å². The molecule has 0 aromatic rings. The maximum Gasteiger partial charge on any atom is 0.410 e. The molecule has 0 aromatic heterocycles.